The standard InChI is InChI=1S/C21H24N4O4.C2HF3O2/c1-27-8-9-29-20-11-16(17-13-23-24-14-17)6-7-19(20)25-21(26)22-12-15-4-3-5-18(10-15)28-2;3-2(4,5)1(6)7/h3-7,10-11,13-14H,8-9,12H2,1-2H3,(H,23,24)(H2,22,25,26);(H,6,7). The van der Waals surface area contributed by atoms with Gasteiger partial charge in [0.05, 0.1) is 25.6 Å². The highest BCUT2D eigenvalue weighted by molar-refractivity contribution is 5.91. The number of hydrogen-bond donors (Lipinski definition) is 4. The maximum absolute atomic E-state index is 12.4. The smallest absolute Gasteiger partial charge is 0.490 e. The SMILES string of the molecule is COCCOc1cc(-c2cn[nH]c2)ccc1NC(=O)NCc1cccc(OC)c1.O=C(O)C(F)(F)F. The van der Waals surface area contributed by atoms with Gasteiger partial charge in [0.15, 0.2) is 0 Å². The Kier molecular flexibility index (Phi) is 10.6. The van der Waals surface area contributed by atoms with Gasteiger partial charge in [-0.05, 0) is 35.4 Å². The molecule has 0 bridgehead atoms. The zero-order valence-electron chi connectivity index (χ0n) is 19.4. The average molecular weight is 510 g/mol. The van der Waals surface area contributed by atoms with Gasteiger partial charge < -0.3 is 30.0 Å². The van der Waals surface area contributed by atoms with Crippen LogP contribution < -0.4 is 20.1 Å². The number of hydrogen-bond acceptors (Lipinski definition) is 6. The highest BCUT2D eigenvalue weighted by Crippen LogP contribution is 2.30. The van der Waals surface area contributed by atoms with Crippen LogP contribution in [-0.2, 0) is 16.1 Å². The van der Waals surface area contributed by atoms with Crippen LogP contribution in [0, 0.1) is 0 Å². The first kappa shape index (κ1) is 28.0. The molecule has 1 heterocycles. The molecule has 36 heavy (non-hydrogen) atoms. The van der Waals surface area contributed by atoms with E-state index in [1.165, 1.54) is 0 Å². The Morgan fingerprint density at radius 2 is 1.83 bits per heavy atom. The lowest BCUT2D eigenvalue weighted by Gasteiger charge is -2.14. The molecule has 0 spiro atoms. The molecule has 0 aliphatic rings. The van der Waals surface area contributed by atoms with Crippen molar-refractivity contribution in [3.05, 3.63) is 60.4 Å². The summed E-state index contributed by atoms with van der Waals surface area (Å²) < 4.78 is 47.8. The van der Waals surface area contributed by atoms with Gasteiger partial charge in [0, 0.05) is 25.4 Å². The van der Waals surface area contributed by atoms with Crippen molar-refractivity contribution < 1.29 is 42.1 Å². The molecule has 4 N–H and O–H groups in total. The number of rotatable bonds is 9. The third-order valence-electron chi connectivity index (χ3n) is 4.44. The number of benzene rings is 2. The van der Waals surface area contributed by atoms with E-state index in [0.717, 1.165) is 22.4 Å². The largest absolute Gasteiger partial charge is 0.497 e. The number of aliphatic carboxylic acids is 1. The number of carboxylic acid groups (broad SMARTS) is 1. The Hall–Kier alpha value is -4.26. The summed E-state index contributed by atoms with van der Waals surface area (Å²) in [6.07, 6.45) is -1.57. The van der Waals surface area contributed by atoms with Crippen LogP contribution in [0.15, 0.2) is 54.9 Å². The number of methoxy groups -OCH3 is 2. The number of carboxylic acids is 1. The van der Waals surface area contributed by atoms with Crippen LogP contribution in [0.3, 0.4) is 0 Å². The summed E-state index contributed by atoms with van der Waals surface area (Å²) in [7, 11) is 3.22. The molecule has 0 radical (unpaired) electrons. The molecule has 0 aliphatic heterocycles. The number of nitrogens with zero attached hydrogens (tertiary/aromatic N) is 1. The summed E-state index contributed by atoms with van der Waals surface area (Å²) in [6.45, 7) is 1.18. The van der Waals surface area contributed by atoms with Crippen molar-refractivity contribution in [2.75, 3.05) is 32.8 Å². The molecule has 0 saturated carbocycles. The van der Waals surface area contributed by atoms with Gasteiger partial charge in [0.25, 0.3) is 0 Å². The normalized spacial score (nSPS) is 10.6. The van der Waals surface area contributed by atoms with E-state index in [1.807, 2.05) is 36.4 Å². The highest BCUT2D eigenvalue weighted by Gasteiger charge is 2.38. The van der Waals surface area contributed by atoms with Gasteiger partial charge in [0.1, 0.15) is 18.1 Å². The molecule has 3 aromatic rings. The lowest BCUT2D eigenvalue weighted by Crippen LogP contribution is -2.28. The number of carbonyl (C=O) groups is 2. The third kappa shape index (κ3) is 9.18. The molecule has 0 atom stereocenters. The Bertz CT molecular complexity index is 1120. The topological polar surface area (TPSA) is 135 Å². The molecule has 10 nitrogen and oxygen atoms in total. The van der Waals surface area contributed by atoms with E-state index in [0.29, 0.717) is 31.2 Å². The maximum Gasteiger partial charge on any atom is 0.490 e. The first-order valence-corrected chi connectivity index (χ1v) is 10.4. The number of nitrogens with one attached hydrogen (secondary N) is 3. The number of ether oxygens (including phenoxy) is 3. The fourth-order valence-electron chi connectivity index (χ4n) is 2.70. The number of urea groups is 1. The summed E-state index contributed by atoms with van der Waals surface area (Å²) in [5, 5.41) is 19.6. The van der Waals surface area contributed by atoms with Gasteiger partial charge in [-0.3, -0.25) is 5.10 Å². The zero-order chi connectivity index (χ0) is 26.6. The minimum Gasteiger partial charge on any atom is -0.497 e. The van der Waals surface area contributed by atoms with Gasteiger partial charge in [-0.15, -0.1) is 0 Å². The van der Waals surface area contributed by atoms with Gasteiger partial charge in [-0.2, -0.15) is 18.3 Å². The lowest BCUT2D eigenvalue weighted by atomic mass is 10.1. The van der Waals surface area contributed by atoms with Crippen molar-refractivity contribution in [3.8, 4) is 22.6 Å². The number of aromatic amines is 1. The third-order valence-corrected chi connectivity index (χ3v) is 4.44. The Balaban J connectivity index is 0.000000572. The second kappa shape index (κ2) is 13.6. The molecule has 0 saturated heterocycles. The quantitative estimate of drug-likeness (QED) is 0.319. The van der Waals surface area contributed by atoms with Gasteiger partial charge in [0.2, 0.25) is 0 Å². The van der Waals surface area contributed by atoms with E-state index in [-0.39, 0.29) is 6.03 Å². The van der Waals surface area contributed by atoms with E-state index >= 15 is 0 Å². The van der Waals surface area contributed by atoms with Gasteiger partial charge >= 0.3 is 18.2 Å². The van der Waals surface area contributed by atoms with Crippen LogP contribution in [0.5, 0.6) is 11.5 Å². The van der Waals surface area contributed by atoms with Crippen LogP contribution in [0.4, 0.5) is 23.7 Å². The Morgan fingerprint density at radius 1 is 1.08 bits per heavy atom. The Morgan fingerprint density at radius 3 is 2.44 bits per heavy atom. The minimum absolute atomic E-state index is 0.333. The van der Waals surface area contributed by atoms with Crippen LogP contribution >= 0.6 is 0 Å². The number of halogens is 3. The summed E-state index contributed by atoms with van der Waals surface area (Å²) in [5.41, 5.74) is 3.35. The first-order chi connectivity index (χ1) is 17.1. The molecule has 1 aromatic heterocycles. The predicted molar refractivity (Wildman–Crippen MR) is 124 cm³/mol. The highest BCUT2D eigenvalue weighted by atomic mass is 19.4. The zero-order valence-corrected chi connectivity index (χ0v) is 19.4. The molecule has 2 amide bonds. The van der Waals surface area contributed by atoms with Crippen molar-refractivity contribution in [1.29, 1.82) is 0 Å². The molecule has 13 heteroatoms. The van der Waals surface area contributed by atoms with Crippen LogP contribution in [0.1, 0.15) is 5.56 Å². The van der Waals surface area contributed by atoms with E-state index < -0.39 is 12.1 Å². The first-order valence-electron chi connectivity index (χ1n) is 10.4. The summed E-state index contributed by atoms with van der Waals surface area (Å²) in [6, 6.07) is 12.7. The van der Waals surface area contributed by atoms with Crippen LogP contribution in [0.2, 0.25) is 0 Å². The monoisotopic (exact) mass is 510 g/mol. The van der Waals surface area contributed by atoms with E-state index in [4.69, 9.17) is 24.1 Å². The van der Waals surface area contributed by atoms with E-state index in [2.05, 4.69) is 20.8 Å². The molecule has 3 rings (SSSR count). The van der Waals surface area contributed by atoms with Crippen molar-refractivity contribution in [2.45, 2.75) is 12.7 Å². The number of carbonyl (C=O) groups excluding carboxylic acids is 1. The summed E-state index contributed by atoms with van der Waals surface area (Å²) >= 11 is 0. The number of alkyl halides is 3. The summed E-state index contributed by atoms with van der Waals surface area (Å²) in [5.74, 6) is -1.46. The second-order valence-electron chi connectivity index (χ2n) is 7.00. The van der Waals surface area contributed by atoms with Crippen molar-refractivity contribution >= 4 is 17.7 Å². The molecule has 0 fully saturated rings. The molecule has 2 aromatic carbocycles. The van der Waals surface area contributed by atoms with Crippen molar-refractivity contribution in [1.82, 2.24) is 15.5 Å². The maximum atomic E-state index is 12.4. The minimum atomic E-state index is -5.08. The molecule has 0 aliphatic carbocycles. The number of aromatic nitrogens is 2. The molecular weight excluding hydrogens is 485 g/mol. The van der Waals surface area contributed by atoms with E-state index in [9.17, 15) is 18.0 Å². The Labute approximate surface area is 204 Å². The fraction of sp³-hybridized carbons (Fsp3) is 0.261. The number of anilines is 1. The predicted octanol–water partition coefficient (Wildman–Crippen LogP) is 4.07. The van der Waals surface area contributed by atoms with E-state index in [1.54, 1.807) is 32.7 Å². The molecule has 194 valence electrons. The number of amides is 2. The van der Waals surface area contributed by atoms with Crippen molar-refractivity contribution in [2.24, 2.45) is 0 Å². The molecular formula is C23H25F3N4O6. The average Bonchev–Trinajstić information content (AvgIpc) is 3.39. The van der Waals surface area contributed by atoms with Crippen molar-refractivity contribution in [3.63, 3.8) is 0 Å². The van der Waals surface area contributed by atoms with Crippen LogP contribution in [0.25, 0.3) is 11.1 Å². The number of H-pyrrole nitrogens is 1. The lowest BCUT2D eigenvalue weighted by molar-refractivity contribution is -0.192. The second-order valence-corrected chi connectivity index (χ2v) is 7.00. The van der Waals surface area contributed by atoms with Gasteiger partial charge in [-0.25, -0.2) is 9.59 Å². The van der Waals surface area contributed by atoms with Gasteiger partial charge in [-0.1, -0.05) is 18.2 Å². The summed E-state index contributed by atoms with van der Waals surface area (Å²) in [4.78, 5) is 21.3. The fourth-order valence-corrected chi connectivity index (χ4v) is 2.70. The molecule has 0 unspecified atom stereocenters. The van der Waals surface area contributed by atoms with Crippen LogP contribution in [-0.4, -0.2) is 60.9 Å².